The van der Waals surface area contributed by atoms with Gasteiger partial charge in [0.25, 0.3) is 0 Å². The molecule has 8 nitrogen and oxygen atoms in total. The number of hydrogen-bond donors (Lipinski definition) is 4. The zero-order chi connectivity index (χ0) is 28.5. The van der Waals surface area contributed by atoms with Gasteiger partial charge in [-0.25, -0.2) is 0 Å². The van der Waals surface area contributed by atoms with Crippen molar-refractivity contribution in [2.45, 2.75) is 40.0 Å². The second-order valence-corrected chi connectivity index (χ2v) is 10.1. The van der Waals surface area contributed by atoms with E-state index in [1.54, 1.807) is 24.5 Å². The molecule has 0 amide bonds. The van der Waals surface area contributed by atoms with E-state index in [-0.39, 0.29) is 11.5 Å². The number of aromatic nitrogens is 2. The van der Waals surface area contributed by atoms with Crippen molar-refractivity contribution in [1.29, 1.82) is 10.8 Å². The zero-order valence-corrected chi connectivity index (χ0v) is 23.0. The lowest BCUT2D eigenvalue weighted by molar-refractivity contribution is 0.178. The van der Waals surface area contributed by atoms with Gasteiger partial charge < -0.3 is 21.0 Å². The van der Waals surface area contributed by atoms with Crippen LogP contribution in [0.25, 0.3) is 0 Å². The highest BCUT2D eigenvalue weighted by Gasteiger charge is 2.18. The van der Waals surface area contributed by atoms with Crippen LogP contribution in [0.2, 0.25) is 0 Å². The van der Waals surface area contributed by atoms with Gasteiger partial charge in [-0.1, -0.05) is 24.3 Å². The molecule has 0 spiro atoms. The van der Waals surface area contributed by atoms with Crippen molar-refractivity contribution in [2.24, 2.45) is 0 Å². The van der Waals surface area contributed by atoms with Gasteiger partial charge in [0.2, 0.25) is 0 Å². The molecule has 0 radical (unpaired) electrons. The molecule has 0 aliphatic heterocycles. The van der Waals surface area contributed by atoms with Gasteiger partial charge in [0.15, 0.2) is 0 Å². The minimum absolute atomic E-state index is 0.126. The molecule has 4 N–H and O–H groups in total. The summed E-state index contributed by atoms with van der Waals surface area (Å²) in [7, 11) is 0. The molecule has 2 aromatic carbocycles. The number of aryl methyl sites for hydroxylation is 2. The maximum absolute atomic E-state index is 10.8. The number of rotatable bonds is 13. The Morgan fingerprint density at radius 3 is 1.43 bits per heavy atom. The van der Waals surface area contributed by atoms with Crippen LogP contribution in [0.3, 0.4) is 0 Å². The first-order chi connectivity index (χ1) is 19.4. The van der Waals surface area contributed by atoms with E-state index in [1.807, 2.05) is 62.4 Å². The fourth-order valence-corrected chi connectivity index (χ4v) is 4.86. The predicted molar refractivity (Wildman–Crippen MR) is 158 cm³/mol. The summed E-state index contributed by atoms with van der Waals surface area (Å²) in [6, 6.07) is 19.2. The Morgan fingerprint density at radius 2 is 1.07 bits per heavy atom. The van der Waals surface area contributed by atoms with Crippen LogP contribution in [0, 0.1) is 24.7 Å². The summed E-state index contributed by atoms with van der Waals surface area (Å²) < 4.78 is 0. The molecular formula is C32H36N6O2. The molecule has 0 bridgehead atoms. The van der Waals surface area contributed by atoms with E-state index in [9.17, 15) is 10.2 Å². The third-order valence-electron chi connectivity index (χ3n) is 6.78. The Balaban J connectivity index is 1.61. The number of aromatic hydroxyl groups is 2. The SMILES string of the molecule is Cc1cc(C=N)c(O)c(CN(CCN(Cc2ccccn2)Cc2cc(C)cc(C=N)c2O)Cc2ccccn2)c1. The third-order valence-corrected chi connectivity index (χ3v) is 6.78. The van der Waals surface area contributed by atoms with Crippen LogP contribution in [0.5, 0.6) is 11.5 Å². The monoisotopic (exact) mass is 536 g/mol. The molecule has 0 atom stereocenters. The van der Waals surface area contributed by atoms with Gasteiger partial charge in [0, 0.05) is 86.3 Å². The number of nitrogens with one attached hydrogen (secondary N) is 2. The third kappa shape index (κ3) is 7.59. The molecule has 0 saturated carbocycles. The van der Waals surface area contributed by atoms with Crippen LogP contribution in [-0.4, -0.2) is 55.5 Å². The highest BCUT2D eigenvalue weighted by molar-refractivity contribution is 5.82. The smallest absolute Gasteiger partial charge is 0.128 e. The number of nitrogens with zero attached hydrogens (tertiary/aromatic N) is 4. The van der Waals surface area contributed by atoms with E-state index in [0.29, 0.717) is 50.4 Å². The largest absolute Gasteiger partial charge is 0.507 e. The lowest BCUT2D eigenvalue weighted by Crippen LogP contribution is -2.34. The number of benzene rings is 2. The van der Waals surface area contributed by atoms with Gasteiger partial charge in [-0.2, -0.15) is 0 Å². The molecule has 4 aromatic rings. The second kappa shape index (κ2) is 13.6. The van der Waals surface area contributed by atoms with E-state index < -0.39 is 0 Å². The van der Waals surface area contributed by atoms with E-state index in [0.717, 1.165) is 33.6 Å². The molecule has 2 aromatic heterocycles. The average Bonchev–Trinajstić information content (AvgIpc) is 2.96. The Bertz CT molecular complexity index is 1330. The Kier molecular flexibility index (Phi) is 9.72. The van der Waals surface area contributed by atoms with Crippen molar-refractivity contribution < 1.29 is 10.2 Å². The molecular weight excluding hydrogens is 500 g/mol. The van der Waals surface area contributed by atoms with Gasteiger partial charge in [-0.05, 0) is 61.4 Å². The van der Waals surface area contributed by atoms with Crippen molar-refractivity contribution in [1.82, 2.24) is 19.8 Å². The molecule has 40 heavy (non-hydrogen) atoms. The first-order valence-electron chi connectivity index (χ1n) is 13.3. The maximum atomic E-state index is 10.8. The zero-order valence-electron chi connectivity index (χ0n) is 23.0. The Morgan fingerprint density at radius 1 is 0.650 bits per heavy atom. The molecule has 0 fully saturated rings. The lowest BCUT2D eigenvalue weighted by Gasteiger charge is -2.28. The van der Waals surface area contributed by atoms with E-state index >= 15 is 0 Å². The van der Waals surface area contributed by atoms with Crippen molar-refractivity contribution in [2.75, 3.05) is 13.1 Å². The molecule has 206 valence electrons. The minimum atomic E-state index is 0.126. The van der Waals surface area contributed by atoms with Crippen molar-refractivity contribution in [3.05, 3.63) is 118 Å². The summed E-state index contributed by atoms with van der Waals surface area (Å²) in [5.74, 6) is 0.252. The van der Waals surface area contributed by atoms with Crippen molar-refractivity contribution in [3.63, 3.8) is 0 Å². The molecule has 0 saturated heterocycles. The van der Waals surface area contributed by atoms with Gasteiger partial charge in [0.1, 0.15) is 11.5 Å². The van der Waals surface area contributed by atoms with Crippen molar-refractivity contribution in [3.8, 4) is 11.5 Å². The van der Waals surface area contributed by atoms with Gasteiger partial charge in [0.05, 0.1) is 11.4 Å². The van der Waals surface area contributed by atoms with Crippen LogP contribution < -0.4 is 0 Å². The number of phenolic OH excluding ortho intramolecular Hbond substituents is 2. The first kappa shape index (κ1) is 28.6. The first-order valence-corrected chi connectivity index (χ1v) is 13.3. The summed E-state index contributed by atoms with van der Waals surface area (Å²) in [6.45, 7) is 7.36. The van der Waals surface area contributed by atoms with Crippen LogP contribution >= 0.6 is 0 Å². The number of phenols is 2. The predicted octanol–water partition coefficient (Wildman–Crippen LogP) is 5.20. The number of hydrogen-bond acceptors (Lipinski definition) is 8. The molecule has 4 rings (SSSR count). The molecule has 0 aliphatic carbocycles. The van der Waals surface area contributed by atoms with Gasteiger partial charge in [-0.15, -0.1) is 0 Å². The minimum Gasteiger partial charge on any atom is -0.507 e. The summed E-state index contributed by atoms with van der Waals surface area (Å²) in [5.41, 5.74) is 6.34. The normalized spacial score (nSPS) is 11.2. The lowest BCUT2D eigenvalue weighted by atomic mass is 10.0. The van der Waals surface area contributed by atoms with E-state index in [1.165, 1.54) is 12.4 Å². The van der Waals surface area contributed by atoms with Crippen LogP contribution in [0.15, 0.2) is 73.1 Å². The quantitative estimate of drug-likeness (QED) is 0.174. The fourth-order valence-electron chi connectivity index (χ4n) is 4.86. The van der Waals surface area contributed by atoms with Gasteiger partial charge >= 0.3 is 0 Å². The summed E-state index contributed by atoms with van der Waals surface area (Å²) in [5, 5.41) is 37.1. The highest BCUT2D eigenvalue weighted by Crippen LogP contribution is 2.27. The van der Waals surface area contributed by atoms with E-state index in [4.69, 9.17) is 10.8 Å². The highest BCUT2D eigenvalue weighted by atomic mass is 16.3. The fraction of sp³-hybridized carbons (Fsp3) is 0.250. The van der Waals surface area contributed by atoms with Crippen LogP contribution in [-0.2, 0) is 26.2 Å². The second-order valence-electron chi connectivity index (χ2n) is 10.1. The standard InChI is InChI=1S/C32H36N6O2/c1-23-13-25(17-33)31(39)27(15-23)19-37(21-29-7-3-5-9-35-29)11-12-38(22-30-8-4-6-10-36-30)20-28-16-24(2)14-26(18-34)32(28)40/h3-10,13-18,33-34,39-40H,11-12,19-22H2,1-2H3. The number of pyridine rings is 2. The Labute approximate surface area is 235 Å². The Hall–Kier alpha value is -4.40. The van der Waals surface area contributed by atoms with Crippen LogP contribution in [0.1, 0.15) is 44.8 Å². The summed E-state index contributed by atoms with van der Waals surface area (Å²) in [6.07, 6.45) is 5.92. The molecule has 0 aliphatic rings. The topological polar surface area (TPSA) is 120 Å². The molecule has 0 unspecified atom stereocenters. The van der Waals surface area contributed by atoms with Crippen molar-refractivity contribution >= 4 is 12.4 Å². The van der Waals surface area contributed by atoms with Gasteiger partial charge in [-0.3, -0.25) is 19.8 Å². The average molecular weight is 537 g/mol. The van der Waals surface area contributed by atoms with E-state index in [2.05, 4.69) is 19.8 Å². The molecule has 2 heterocycles. The summed E-state index contributed by atoms with van der Waals surface area (Å²) >= 11 is 0. The maximum Gasteiger partial charge on any atom is 0.128 e. The summed E-state index contributed by atoms with van der Waals surface area (Å²) in [4.78, 5) is 13.5. The molecule has 8 heteroatoms. The van der Waals surface area contributed by atoms with Crippen LogP contribution in [0.4, 0.5) is 0 Å².